The topological polar surface area (TPSA) is 105 Å². The van der Waals surface area contributed by atoms with E-state index in [9.17, 15) is 9.90 Å². The lowest BCUT2D eigenvalue weighted by molar-refractivity contribution is -0.166. The number of carbonyl (C=O) groups is 1. The fourth-order valence-electron chi connectivity index (χ4n) is 6.91. The number of hydrogen-bond donors (Lipinski definition) is 2. The van der Waals surface area contributed by atoms with Crippen LogP contribution >= 0.6 is 11.3 Å². The minimum atomic E-state index is -0.389. The van der Waals surface area contributed by atoms with Crippen LogP contribution < -0.4 is 5.32 Å². The van der Waals surface area contributed by atoms with Gasteiger partial charge in [0.05, 0.1) is 22.4 Å². The molecule has 2 aromatic heterocycles. The van der Waals surface area contributed by atoms with Gasteiger partial charge in [0.25, 0.3) is 0 Å². The Bertz CT molecular complexity index is 1440. The van der Waals surface area contributed by atoms with Gasteiger partial charge in [0, 0.05) is 54.7 Å². The van der Waals surface area contributed by atoms with Gasteiger partial charge in [-0.1, -0.05) is 17.4 Å². The Morgan fingerprint density at radius 3 is 2.69 bits per heavy atom. The van der Waals surface area contributed by atoms with Crippen molar-refractivity contribution in [1.29, 1.82) is 0 Å². The van der Waals surface area contributed by atoms with E-state index < -0.39 is 0 Å². The molecule has 0 radical (unpaired) electrons. The number of nitrogens with zero attached hydrogens (tertiary/aromatic N) is 5. The molecule has 5 saturated carbocycles. The van der Waals surface area contributed by atoms with Gasteiger partial charge in [-0.15, -0.1) is 0 Å². The van der Waals surface area contributed by atoms with Gasteiger partial charge in [0.2, 0.25) is 11.4 Å². The Morgan fingerprint density at radius 2 is 2.00 bits per heavy atom. The molecule has 8 rings (SSSR count). The van der Waals surface area contributed by atoms with E-state index in [1.54, 1.807) is 12.4 Å². The summed E-state index contributed by atoms with van der Waals surface area (Å²) >= 11 is 1.48. The Kier molecular flexibility index (Phi) is 5.97. The zero-order valence-electron chi connectivity index (χ0n) is 22.0. The molecule has 202 valence electrons. The Morgan fingerprint density at radius 1 is 1.23 bits per heavy atom. The molecule has 0 saturated heterocycles. The normalized spacial score (nSPS) is 32.8. The van der Waals surface area contributed by atoms with E-state index in [1.807, 2.05) is 12.1 Å². The monoisotopic (exact) mass is 544 g/mol. The predicted octanol–water partition coefficient (Wildman–Crippen LogP) is 4.43. The molecular formula is C29H32N6O3S. The number of aromatic nitrogens is 3. The molecule has 2 heterocycles. The zero-order chi connectivity index (χ0) is 26.8. The highest BCUT2D eigenvalue weighted by Gasteiger charge is 2.76. The van der Waals surface area contributed by atoms with Crippen LogP contribution in [0.2, 0.25) is 0 Å². The molecule has 10 heteroatoms. The summed E-state index contributed by atoms with van der Waals surface area (Å²) in [5.41, 5.74) is 2.90. The summed E-state index contributed by atoms with van der Waals surface area (Å²) in [7, 11) is 2.17. The quantitative estimate of drug-likeness (QED) is 0.405. The minimum absolute atomic E-state index is 0.0128. The van der Waals surface area contributed by atoms with E-state index >= 15 is 0 Å². The highest BCUT2D eigenvalue weighted by atomic mass is 32.1. The molecule has 39 heavy (non-hydrogen) atoms. The van der Waals surface area contributed by atoms with Crippen molar-refractivity contribution in [3.8, 4) is 11.1 Å². The van der Waals surface area contributed by atoms with E-state index in [0.717, 1.165) is 72.7 Å². The summed E-state index contributed by atoms with van der Waals surface area (Å²) in [6, 6.07) is 6.44. The predicted molar refractivity (Wildman–Crippen MR) is 148 cm³/mol. The van der Waals surface area contributed by atoms with Crippen LogP contribution in [-0.2, 0) is 16.1 Å². The molecule has 1 aromatic carbocycles. The second-order valence-electron chi connectivity index (χ2n) is 12.0. The van der Waals surface area contributed by atoms with Crippen molar-refractivity contribution in [2.24, 2.45) is 5.92 Å². The van der Waals surface area contributed by atoms with Crippen molar-refractivity contribution >= 4 is 32.6 Å². The molecular weight excluding hydrogens is 512 g/mol. The molecule has 9 nitrogen and oxygen atoms in total. The first kappa shape index (κ1) is 25.0. The molecule has 1 amide bonds. The summed E-state index contributed by atoms with van der Waals surface area (Å²) in [4.78, 5) is 32.7. The number of benzene rings is 1. The van der Waals surface area contributed by atoms with E-state index in [2.05, 4.69) is 43.1 Å². The molecule has 5 aliphatic carbocycles. The molecule has 5 aliphatic rings. The summed E-state index contributed by atoms with van der Waals surface area (Å²) < 4.78 is 6.78. The highest BCUT2D eigenvalue weighted by Crippen LogP contribution is 2.66. The Hall–Kier alpha value is -2.97. The Labute approximate surface area is 231 Å². The van der Waals surface area contributed by atoms with Crippen molar-refractivity contribution in [3.05, 3.63) is 47.8 Å². The third-order valence-electron chi connectivity index (χ3n) is 9.49. The first-order valence-corrected chi connectivity index (χ1v) is 14.6. The van der Waals surface area contributed by atoms with Gasteiger partial charge < -0.3 is 20.0 Å². The lowest BCUT2D eigenvalue weighted by atomic mass is 9.43. The van der Waals surface area contributed by atoms with Crippen molar-refractivity contribution in [2.75, 3.05) is 12.4 Å². The fourth-order valence-corrected chi connectivity index (χ4v) is 7.81. The fraction of sp³-hybridized carbons (Fsp3) is 0.552. The first-order valence-electron chi connectivity index (χ1n) is 13.8. The molecule has 0 unspecified atom stereocenters. The Balaban J connectivity index is 0.940. The number of ether oxygens (including phenoxy) is 1. The van der Waals surface area contributed by atoms with Gasteiger partial charge in [-0.25, -0.2) is 21.5 Å². The maximum absolute atomic E-state index is 12.9. The molecule has 0 spiro atoms. The van der Waals surface area contributed by atoms with Crippen molar-refractivity contribution < 1.29 is 14.6 Å². The van der Waals surface area contributed by atoms with E-state index in [4.69, 9.17) is 11.3 Å². The van der Waals surface area contributed by atoms with E-state index in [0.29, 0.717) is 23.6 Å². The summed E-state index contributed by atoms with van der Waals surface area (Å²) in [6.07, 6.45) is 10.5. The third-order valence-corrected chi connectivity index (χ3v) is 10.4. The number of carbonyl (C=O) groups excluding carboxylic acids is 1. The number of anilines is 1. The van der Waals surface area contributed by atoms with Gasteiger partial charge >= 0.3 is 0 Å². The van der Waals surface area contributed by atoms with Gasteiger partial charge in [-0.2, -0.15) is 0 Å². The van der Waals surface area contributed by atoms with Crippen LogP contribution in [0, 0.1) is 12.5 Å². The summed E-state index contributed by atoms with van der Waals surface area (Å²) in [5, 5.41) is 13.6. The van der Waals surface area contributed by atoms with Crippen molar-refractivity contribution in [3.63, 3.8) is 0 Å². The van der Waals surface area contributed by atoms with E-state index in [-0.39, 0.29) is 35.1 Å². The second kappa shape index (κ2) is 9.30. The first-order chi connectivity index (χ1) is 18.9. The van der Waals surface area contributed by atoms with Gasteiger partial charge in [0.1, 0.15) is 6.61 Å². The number of aliphatic hydroxyl groups is 1. The zero-order valence-corrected chi connectivity index (χ0v) is 22.8. The number of fused-ring (bicyclic) bond motifs is 1. The molecule has 2 N–H and O–H groups in total. The maximum Gasteiger partial charge on any atom is 0.238 e. The summed E-state index contributed by atoms with van der Waals surface area (Å²) in [5.74, 6) is 0.659. The molecule has 0 aliphatic heterocycles. The number of thiazole rings is 1. The minimum Gasteiger partial charge on any atom is -0.390 e. The number of aliphatic hydroxyl groups excluding tert-OH is 1. The SMILES string of the molecule is [C-]#[N+]C12CC(N(C)C3CC(C(=O)Nc4nc5ccc(-c6cnc(CO[C@H]7CCC[C@@H]7O)nc6)cc5s4)C3)(C1)C2. The summed E-state index contributed by atoms with van der Waals surface area (Å²) in [6.45, 7) is 7.66. The average Bonchev–Trinajstić information content (AvgIpc) is 3.45. The van der Waals surface area contributed by atoms with Gasteiger partial charge in [-0.3, -0.25) is 9.69 Å². The molecule has 3 aromatic rings. The smallest absolute Gasteiger partial charge is 0.238 e. The van der Waals surface area contributed by atoms with Crippen LogP contribution in [0.25, 0.3) is 26.2 Å². The van der Waals surface area contributed by atoms with Gasteiger partial charge in [0.15, 0.2) is 11.0 Å². The van der Waals surface area contributed by atoms with Crippen LogP contribution in [0.1, 0.15) is 57.2 Å². The van der Waals surface area contributed by atoms with Crippen LogP contribution in [-0.4, -0.2) is 67.2 Å². The lowest BCUT2D eigenvalue weighted by Crippen LogP contribution is -2.78. The average molecular weight is 545 g/mol. The molecule has 5 fully saturated rings. The number of hydrogen-bond acceptors (Lipinski definition) is 8. The van der Waals surface area contributed by atoms with Crippen LogP contribution in [0.3, 0.4) is 0 Å². The molecule has 2 bridgehead atoms. The van der Waals surface area contributed by atoms with Crippen LogP contribution in [0.4, 0.5) is 5.13 Å². The second-order valence-corrected chi connectivity index (χ2v) is 13.0. The number of rotatable bonds is 8. The van der Waals surface area contributed by atoms with Crippen LogP contribution in [0.5, 0.6) is 0 Å². The largest absolute Gasteiger partial charge is 0.390 e. The third kappa shape index (κ3) is 4.32. The molecule has 2 atom stereocenters. The number of nitrogens with one attached hydrogen (secondary N) is 1. The maximum atomic E-state index is 12.9. The standard InChI is InChI=1S/C29H32N6O3S/c1-30-28-14-29(15-28,16-28)35(2)20-8-18(9-20)26(37)34-27-33-21-7-6-17(10-24(21)39-27)19-11-31-25(32-12-19)13-38-23-5-3-4-22(23)36/h6-7,10-12,18,20,22-23,36H,3-5,8-9,13-16H2,2H3,(H,33,34,37)/t18?,20?,22-,23-,28?,29?/m0/s1. The lowest BCUT2D eigenvalue weighted by Gasteiger charge is -2.68. The van der Waals surface area contributed by atoms with Crippen molar-refractivity contribution in [2.45, 2.75) is 87.3 Å². The highest BCUT2D eigenvalue weighted by molar-refractivity contribution is 7.22. The van der Waals surface area contributed by atoms with E-state index in [1.165, 1.54) is 11.3 Å². The van der Waals surface area contributed by atoms with Crippen LogP contribution in [0.15, 0.2) is 30.6 Å². The van der Waals surface area contributed by atoms with Gasteiger partial charge in [-0.05, 0) is 56.8 Å². The van der Waals surface area contributed by atoms with Crippen molar-refractivity contribution in [1.82, 2.24) is 19.9 Å². The number of amides is 1.